The van der Waals surface area contributed by atoms with Crippen LogP contribution in [-0.4, -0.2) is 53.1 Å². The Morgan fingerprint density at radius 3 is 2.41 bits per heavy atom. The minimum atomic E-state index is 0. The smallest absolute Gasteiger partial charge is 0.191 e. The zero-order chi connectivity index (χ0) is 19.6. The molecule has 0 saturated carbocycles. The number of nitrogens with zero attached hydrogens (tertiary/aromatic N) is 1. The van der Waals surface area contributed by atoms with Crippen molar-refractivity contribution in [2.45, 2.75) is 40.3 Å². The van der Waals surface area contributed by atoms with Gasteiger partial charge in [-0.3, -0.25) is 4.99 Å². The van der Waals surface area contributed by atoms with Gasteiger partial charge >= 0.3 is 0 Å². The first-order valence-corrected chi connectivity index (χ1v) is 9.00. The highest BCUT2D eigenvalue weighted by molar-refractivity contribution is 14.0. The Morgan fingerprint density at radius 1 is 1.15 bits per heavy atom. The van der Waals surface area contributed by atoms with Crippen LogP contribution >= 0.6 is 24.0 Å². The van der Waals surface area contributed by atoms with Crippen molar-refractivity contribution in [1.82, 2.24) is 10.6 Å². The molecule has 0 aliphatic carbocycles. The molecule has 27 heavy (non-hydrogen) atoms. The van der Waals surface area contributed by atoms with Gasteiger partial charge in [0, 0.05) is 39.9 Å². The van der Waals surface area contributed by atoms with Gasteiger partial charge in [0.15, 0.2) is 5.96 Å². The Labute approximate surface area is 181 Å². The average Bonchev–Trinajstić information content (AvgIpc) is 2.58. The fourth-order valence-corrected chi connectivity index (χ4v) is 2.51. The van der Waals surface area contributed by atoms with Gasteiger partial charge in [0.25, 0.3) is 0 Å². The van der Waals surface area contributed by atoms with E-state index in [9.17, 15) is 0 Å². The van der Waals surface area contributed by atoms with E-state index in [1.807, 2.05) is 6.07 Å². The van der Waals surface area contributed by atoms with E-state index in [0.29, 0.717) is 26.3 Å². The second kappa shape index (κ2) is 13.2. The van der Waals surface area contributed by atoms with E-state index >= 15 is 0 Å². The number of aliphatic imine (C=N–C) groups is 1. The standard InChI is InChI=1S/C20H35N3O3.HI/c1-15-8-9-16(17(12-15)26-11-10-24-6)13-22-19(21-5)23-14-18(25-7)20(2,3)4;/h8-9,12,18H,10-11,13-14H2,1-7H3,(H2,21,22,23);1H. The second-order valence-electron chi connectivity index (χ2n) is 7.35. The molecule has 1 unspecified atom stereocenters. The van der Waals surface area contributed by atoms with Crippen LogP contribution in [0.4, 0.5) is 0 Å². The summed E-state index contributed by atoms with van der Waals surface area (Å²) in [5.41, 5.74) is 2.30. The molecule has 0 amide bonds. The Balaban J connectivity index is 0.00000676. The molecule has 1 atom stereocenters. The van der Waals surface area contributed by atoms with Crippen molar-refractivity contribution in [2.24, 2.45) is 10.4 Å². The molecule has 0 heterocycles. The lowest BCUT2D eigenvalue weighted by Gasteiger charge is -2.30. The summed E-state index contributed by atoms with van der Waals surface area (Å²) in [6.45, 7) is 10.9. The van der Waals surface area contributed by atoms with E-state index in [1.165, 1.54) is 0 Å². The Hall–Kier alpha value is -1.06. The lowest BCUT2D eigenvalue weighted by Crippen LogP contribution is -2.45. The number of ether oxygens (including phenoxy) is 3. The molecule has 2 N–H and O–H groups in total. The van der Waals surface area contributed by atoms with E-state index in [1.54, 1.807) is 21.3 Å². The third-order valence-electron chi connectivity index (χ3n) is 4.14. The number of hydrogen-bond donors (Lipinski definition) is 2. The van der Waals surface area contributed by atoms with Gasteiger partial charge in [-0.1, -0.05) is 32.9 Å². The number of methoxy groups -OCH3 is 2. The summed E-state index contributed by atoms with van der Waals surface area (Å²) in [5, 5.41) is 6.67. The van der Waals surface area contributed by atoms with Crippen LogP contribution in [0, 0.1) is 12.3 Å². The zero-order valence-corrected chi connectivity index (χ0v) is 20.0. The maximum atomic E-state index is 5.84. The summed E-state index contributed by atoms with van der Waals surface area (Å²) in [5.74, 6) is 1.61. The molecule has 0 aromatic heterocycles. The molecule has 0 aliphatic heterocycles. The summed E-state index contributed by atoms with van der Waals surface area (Å²) in [6, 6.07) is 6.20. The third kappa shape index (κ3) is 9.62. The first-order valence-electron chi connectivity index (χ1n) is 9.00. The number of hydrogen-bond acceptors (Lipinski definition) is 4. The van der Waals surface area contributed by atoms with Crippen LogP contribution in [0.25, 0.3) is 0 Å². The Morgan fingerprint density at radius 2 is 1.85 bits per heavy atom. The highest BCUT2D eigenvalue weighted by atomic mass is 127. The molecule has 0 fully saturated rings. The van der Waals surface area contributed by atoms with Crippen LogP contribution in [0.2, 0.25) is 0 Å². The lowest BCUT2D eigenvalue weighted by atomic mass is 9.89. The normalized spacial score (nSPS) is 12.9. The molecule has 1 aromatic rings. The third-order valence-corrected chi connectivity index (χ3v) is 4.14. The van der Waals surface area contributed by atoms with Gasteiger partial charge in [-0.2, -0.15) is 0 Å². The van der Waals surface area contributed by atoms with Crippen molar-refractivity contribution in [2.75, 3.05) is 41.0 Å². The number of nitrogens with one attached hydrogen (secondary N) is 2. The van der Waals surface area contributed by atoms with E-state index in [4.69, 9.17) is 14.2 Å². The monoisotopic (exact) mass is 493 g/mol. The molecular formula is C20H36IN3O3. The topological polar surface area (TPSA) is 64.1 Å². The maximum Gasteiger partial charge on any atom is 0.191 e. The number of benzene rings is 1. The highest BCUT2D eigenvalue weighted by Gasteiger charge is 2.24. The maximum absolute atomic E-state index is 5.84. The van der Waals surface area contributed by atoms with Crippen molar-refractivity contribution >= 4 is 29.9 Å². The zero-order valence-electron chi connectivity index (χ0n) is 17.7. The fraction of sp³-hybridized carbons (Fsp3) is 0.650. The molecule has 0 aliphatic rings. The molecule has 1 rings (SSSR count). The molecule has 0 spiro atoms. The predicted octanol–water partition coefficient (Wildman–Crippen LogP) is 3.36. The van der Waals surface area contributed by atoms with E-state index < -0.39 is 0 Å². The van der Waals surface area contributed by atoms with Crippen molar-refractivity contribution in [3.05, 3.63) is 29.3 Å². The fourth-order valence-electron chi connectivity index (χ4n) is 2.51. The first kappa shape index (κ1) is 25.9. The average molecular weight is 493 g/mol. The molecule has 6 nitrogen and oxygen atoms in total. The van der Waals surface area contributed by atoms with Crippen LogP contribution < -0.4 is 15.4 Å². The lowest BCUT2D eigenvalue weighted by molar-refractivity contribution is 0.0205. The van der Waals surface area contributed by atoms with Crippen LogP contribution in [0.1, 0.15) is 31.9 Å². The molecule has 0 radical (unpaired) electrons. The number of rotatable bonds is 9. The van der Waals surface area contributed by atoms with E-state index in [2.05, 4.69) is 55.5 Å². The molecule has 0 bridgehead atoms. The van der Waals surface area contributed by atoms with Crippen molar-refractivity contribution in [1.29, 1.82) is 0 Å². The quantitative estimate of drug-likeness (QED) is 0.239. The number of halogens is 1. The van der Waals surface area contributed by atoms with Crippen molar-refractivity contribution < 1.29 is 14.2 Å². The van der Waals surface area contributed by atoms with Crippen LogP contribution in [0.3, 0.4) is 0 Å². The summed E-state index contributed by atoms with van der Waals surface area (Å²) in [6.07, 6.45) is 0.0911. The minimum absolute atomic E-state index is 0. The molecule has 7 heteroatoms. The van der Waals surface area contributed by atoms with E-state index in [0.717, 1.165) is 22.8 Å². The Bertz CT molecular complexity index is 574. The largest absolute Gasteiger partial charge is 0.491 e. The summed E-state index contributed by atoms with van der Waals surface area (Å²) in [4.78, 5) is 4.29. The van der Waals surface area contributed by atoms with Crippen molar-refractivity contribution in [3.8, 4) is 5.75 Å². The van der Waals surface area contributed by atoms with Gasteiger partial charge < -0.3 is 24.8 Å². The first-order chi connectivity index (χ1) is 12.3. The number of guanidine groups is 1. The van der Waals surface area contributed by atoms with Crippen LogP contribution in [0.5, 0.6) is 5.75 Å². The molecule has 1 aromatic carbocycles. The van der Waals surface area contributed by atoms with Gasteiger partial charge in [-0.15, -0.1) is 24.0 Å². The predicted molar refractivity (Wildman–Crippen MR) is 122 cm³/mol. The van der Waals surface area contributed by atoms with Crippen LogP contribution in [-0.2, 0) is 16.0 Å². The Kier molecular flexibility index (Phi) is 12.7. The van der Waals surface area contributed by atoms with Crippen molar-refractivity contribution in [3.63, 3.8) is 0 Å². The van der Waals surface area contributed by atoms with Gasteiger partial charge in [0.2, 0.25) is 0 Å². The summed E-state index contributed by atoms with van der Waals surface area (Å²) < 4.78 is 16.5. The van der Waals surface area contributed by atoms with Gasteiger partial charge in [0.05, 0.1) is 12.7 Å². The van der Waals surface area contributed by atoms with Crippen LogP contribution in [0.15, 0.2) is 23.2 Å². The highest BCUT2D eigenvalue weighted by Crippen LogP contribution is 2.21. The molecule has 156 valence electrons. The second-order valence-corrected chi connectivity index (χ2v) is 7.35. The number of aryl methyl sites for hydroxylation is 1. The van der Waals surface area contributed by atoms with E-state index in [-0.39, 0.29) is 35.5 Å². The van der Waals surface area contributed by atoms with Gasteiger partial charge in [0.1, 0.15) is 12.4 Å². The summed E-state index contributed by atoms with van der Waals surface area (Å²) in [7, 11) is 5.17. The molecule has 0 saturated heterocycles. The summed E-state index contributed by atoms with van der Waals surface area (Å²) >= 11 is 0. The van der Waals surface area contributed by atoms with Gasteiger partial charge in [-0.05, 0) is 24.0 Å². The molecular weight excluding hydrogens is 457 g/mol. The SMILES string of the molecule is CN=C(NCc1ccc(C)cc1OCCOC)NCC(OC)C(C)(C)C.I. The minimum Gasteiger partial charge on any atom is -0.491 e. The van der Waals surface area contributed by atoms with Gasteiger partial charge in [-0.25, -0.2) is 0 Å².